The average molecular weight is 288 g/mol. The molecule has 0 heterocycles. The van der Waals surface area contributed by atoms with Crippen LogP contribution in [0.25, 0.3) is 0 Å². The van der Waals surface area contributed by atoms with E-state index >= 15 is 0 Å². The summed E-state index contributed by atoms with van der Waals surface area (Å²) in [6.45, 7) is 9.85. The van der Waals surface area contributed by atoms with Crippen LogP contribution in [-0.2, 0) is 6.42 Å². The van der Waals surface area contributed by atoms with Gasteiger partial charge in [0, 0.05) is 5.54 Å². The van der Waals surface area contributed by atoms with Crippen LogP contribution in [0.5, 0.6) is 0 Å². The van der Waals surface area contributed by atoms with E-state index in [0.717, 1.165) is 24.9 Å². The average Bonchev–Trinajstić information content (AvgIpc) is 2.27. The first-order valence-electron chi connectivity index (χ1n) is 6.47. The molecule has 0 radical (unpaired) electrons. The molecule has 1 rings (SSSR count). The smallest absolute Gasteiger partial charge is 0.0624 e. The van der Waals surface area contributed by atoms with Gasteiger partial charge in [-0.25, -0.2) is 0 Å². The molecule has 0 saturated carbocycles. The SMILES string of the molecule is CC(CCc1cccc(Cl)c1Cl)CNC(C)(C)C. The molecule has 0 amide bonds. The summed E-state index contributed by atoms with van der Waals surface area (Å²) >= 11 is 12.2. The molecule has 1 atom stereocenters. The van der Waals surface area contributed by atoms with Gasteiger partial charge in [0.25, 0.3) is 0 Å². The monoisotopic (exact) mass is 287 g/mol. The van der Waals surface area contributed by atoms with Crippen LogP contribution in [-0.4, -0.2) is 12.1 Å². The molecule has 0 aliphatic heterocycles. The lowest BCUT2D eigenvalue weighted by atomic mass is 9.99. The van der Waals surface area contributed by atoms with E-state index in [4.69, 9.17) is 23.2 Å². The van der Waals surface area contributed by atoms with Crippen LogP contribution in [0.4, 0.5) is 0 Å². The Balaban J connectivity index is 2.43. The highest BCUT2D eigenvalue weighted by Gasteiger charge is 2.12. The van der Waals surface area contributed by atoms with Gasteiger partial charge < -0.3 is 5.32 Å². The lowest BCUT2D eigenvalue weighted by molar-refractivity contribution is 0.372. The minimum absolute atomic E-state index is 0.183. The summed E-state index contributed by atoms with van der Waals surface area (Å²) in [6.07, 6.45) is 2.09. The summed E-state index contributed by atoms with van der Waals surface area (Å²) in [5.41, 5.74) is 1.33. The van der Waals surface area contributed by atoms with Crippen molar-refractivity contribution >= 4 is 23.2 Å². The quantitative estimate of drug-likeness (QED) is 0.808. The largest absolute Gasteiger partial charge is 0.312 e. The Morgan fingerprint density at radius 3 is 2.50 bits per heavy atom. The van der Waals surface area contributed by atoms with E-state index in [1.807, 2.05) is 12.1 Å². The normalized spacial score (nSPS) is 13.7. The molecule has 1 unspecified atom stereocenters. The fraction of sp³-hybridized carbons (Fsp3) is 0.600. The van der Waals surface area contributed by atoms with Crippen molar-refractivity contribution in [1.82, 2.24) is 5.32 Å². The first-order chi connectivity index (χ1) is 8.29. The van der Waals surface area contributed by atoms with Gasteiger partial charge in [0.05, 0.1) is 10.0 Å². The molecule has 18 heavy (non-hydrogen) atoms. The Labute approximate surface area is 121 Å². The van der Waals surface area contributed by atoms with Gasteiger partial charge in [-0.2, -0.15) is 0 Å². The summed E-state index contributed by atoms with van der Waals surface area (Å²) in [6, 6.07) is 5.84. The summed E-state index contributed by atoms with van der Waals surface area (Å²) < 4.78 is 0. The summed E-state index contributed by atoms with van der Waals surface area (Å²) in [4.78, 5) is 0. The molecule has 1 aromatic carbocycles. The standard InChI is InChI=1S/C15H23Cl2N/c1-11(10-18-15(2,3)4)8-9-12-6-5-7-13(16)14(12)17/h5-7,11,18H,8-10H2,1-4H3. The number of benzene rings is 1. The van der Waals surface area contributed by atoms with Crippen LogP contribution in [0.15, 0.2) is 18.2 Å². The summed E-state index contributed by atoms with van der Waals surface area (Å²) in [5.74, 6) is 0.624. The van der Waals surface area contributed by atoms with Crippen molar-refractivity contribution in [2.45, 2.75) is 46.1 Å². The number of rotatable bonds is 5. The van der Waals surface area contributed by atoms with Crippen molar-refractivity contribution in [2.75, 3.05) is 6.54 Å². The maximum atomic E-state index is 6.18. The predicted octanol–water partition coefficient (Wildman–Crippen LogP) is 4.95. The van der Waals surface area contributed by atoms with E-state index in [1.165, 1.54) is 0 Å². The van der Waals surface area contributed by atoms with Crippen LogP contribution < -0.4 is 5.32 Å². The van der Waals surface area contributed by atoms with Crippen molar-refractivity contribution in [3.63, 3.8) is 0 Å². The highest BCUT2D eigenvalue weighted by atomic mass is 35.5. The van der Waals surface area contributed by atoms with E-state index in [0.29, 0.717) is 16.0 Å². The molecule has 0 aliphatic rings. The molecule has 0 bridgehead atoms. The van der Waals surface area contributed by atoms with Gasteiger partial charge >= 0.3 is 0 Å². The summed E-state index contributed by atoms with van der Waals surface area (Å²) in [5, 5.41) is 4.88. The molecule has 0 fully saturated rings. The minimum atomic E-state index is 0.183. The Bertz CT molecular complexity index is 383. The molecule has 1 nitrogen and oxygen atoms in total. The summed E-state index contributed by atoms with van der Waals surface area (Å²) in [7, 11) is 0. The van der Waals surface area contributed by atoms with Gasteiger partial charge in [0.1, 0.15) is 0 Å². The van der Waals surface area contributed by atoms with Crippen molar-refractivity contribution in [2.24, 2.45) is 5.92 Å². The van der Waals surface area contributed by atoms with Crippen LogP contribution in [0.1, 0.15) is 39.7 Å². The van der Waals surface area contributed by atoms with E-state index in [9.17, 15) is 0 Å². The highest BCUT2D eigenvalue weighted by molar-refractivity contribution is 6.42. The van der Waals surface area contributed by atoms with Crippen molar-refractivity contribution < 1.29 is 0 Å². The molecule has 0 aromatic heterocycles. The Morgan fingerprint density at radius 1 is 1.22 bits per heavy atom. The highest BCUT2D eigenvalue weighted by Crippen LogP contribution is 2.27. The maximum Gasteiger partial charge on any atom is 0.0624 e. The Morgan fingerprint density at radius 2 is 1.89 bits per heavy atom. The molecule has 0 aliphatic carbocycles. The fourth-order valence-corrected chi connectivity index (χ4v) is 2.14. The topological polar surface area (TPSA) is 12.0 Å². The Hall–Kier alpha value is -0.240. The first-order valence-corrected chi connectivity index (χ1v) is 7.23. The van der Waals surface area contributed by atoms with Crippen LogP contribution in [0, 0.1) is 5.92 Å². The molecule has 1 N–H and O–H groups in total. The third-order valence-corrected chi connectivity index (χ3v) is 3.78. The van der Waals surface area contributed by atoms with Crippen molar-refractivity contribution in [1.29, 1.82) is 0 Å². The van der Waals surface area contributed by atoms with Gasteiger partial charge in [0.15, 0.2) is 0 Å². The lowest BCUT2D eigenvalue weighted by Crippen LogP contribution is -2.38. The molecule has 0 spiro atoms. The van der Waals surface area contributed by atoms with E-state index < -0.39 is 0 Å². The zero-order valence-corrected chi connectivity index (χ0v) is 13.2. The van der Waals surface area contributed by atoms with Crippen LogP contribution in [0.3, 0.4) is 0 Å². The molecular weight excluding hydrogens is 265 g/mol. The second-order valence-electron chi connectivity index (χ2n) is 5.99. The number of halogens is 2. The molecule has 0 saturated heterocycles. The van der Waals surface area contributed by atoms with Gasteiger partial charge in [-0.15, -0.1) is 0 Å². The molecule has 3 heteroatoms. The van der Waals surface area contributed by atoms with Gasteiger partial charge in [0.2, 0.25) is 0 Å². The molecular formula is C15H23Cl2N. The van der Waals surface area contributed by atoms with Gasteiger partial charge in [-0.3, -0.25) is 0 Å². The number of aryl methyl sites for hydroxylation is 1. The maximum absolute atomic E-state index is 6.18. The van der Waals surface area contributed by atoms with E-state index in [1.54, 1.807) is 0 Å². The number of nitrogens with one attached hydrogen (secondary N) is 1. The van der Waals surface area contributed by atoms with Crippen molar-refractivity contribution in [3.05, 3.63) is 33.8 Å². The third kappa shape index (κ3) is 5.60. The van der Waals surface area contributed by atoms with Gasteiger partial charge in [-0.1, -0.05) is 42.3 Å². The second kappa shape index (κ2) is 6.79. The zero-order chi connectivity index (χ0) is 13.8. The number of hydrogen-bond donors (Lipinski definition) is 1. The Kier molecular flexibility index (Phi) is 5.97. The van der Waals surface area contributed by atoms with E-state index in [-0.39, 0.29) is 5.54 Å². The molecule has 102 valence electrons. The first kappa shape index (κ1) is 15.8. The van der Waals surface area contributed by atoms with E-state index in [2.05, 4.69) is 39.1 Å². The van der Waals surface area contributed by atoms with Crippen molar-refractivity contribution in [3.8, 4) is 0 Å². The third-order valence-electron chi connectivity index (χ3n) is 2.92. The second-order valence-corrected chi connectivity index (χ2v) is 6.77. The minimum Gasteiger partial charge on any atom is -0.312 e. The lowest BCUT2D eigenvalue weighted by Gasteiger charge is -2.23. The van der Waals surface area contributed by atoms with Gasteiger partial charge in [-0.05, 0) is 57.7 Å². The fourth-order valence-electron chi connectivity index (χ4n) is 1.73. The zero-order valence-electron chi connectivity index (χ0n) is 11.7. The molecule has 1 aromatic rings. The number of hydrogen-bond acceptors (Lipinski definition) is 1. The van der Waals surface area contributed by atoms with Crippen LogP contribution >= 0.6 is 23.2 Å². The van der Waals surface area contributed by atoms with Crippen LogP contribution in [0.2, 0.25) is 10.0 Å². The predicted molar refractivity (Wildman–Crippen MR) is 81.7 cm³/mol.